The fourth-order valence-electron chi connectivity index (χ4n) is 0.885. The smallest absolute Gasteiger partial charge is 0.418 e. The Bertz CT molecular complexity index is 446. The normalized spacial score (nSPS) is 13.4. The third-order valence-corrected chi connectivity index (χ3v) is 2.16. The van der Waals surface area contributed by atoms with Crippen molar-refractivity contribution < 1.29 is 39.9 Å². The topological polar surface area (TPSA) is 78.5 Å². The van der Waals surface area contributed by atoms with Gasteiger partial charge in [-0.25, -0.2) is 0 Å². The van der Waals surface area contributed by atoms with Crippen LogP contribution in [0.25, 0.3) is 0 Å². The SMILES string of the molecule is F[B-](F)(F)F.O=S(=O)(O)CC(O)[n+]1ccccc1. The monoisotopic (exact) mass is 291 g/mol. The molecule has 0 spiro atoms. The number of aliphatic hydroxyl groups is 1. The lowest BCUT2D eigenvalue weighted by atomic mass is 10.3. The molecule has 0 saturated heterocycles. The van der Waals surface area contributed by atoms with Gasteiger partial charge in [-0.3, -0.25) is 4.55 Å². The summed E-state index contributed by atoms with van der Waals surface area (Å²) in [5.74, 6) is -0.707. The van der Waals surface area contributed by atoms with Crippen molar-refractivity contribution in [3.63, 3.8) is 0 Å². The molecular weight excluding hydrogens is 281 g/mol. The lowest BCUT2D eigenvalue weighted by Gasteiger charge is -2.02. The number of pyridine rings is 1. The average Bonchev–Trinajstić information content (AvgIpc) is 2.14. The van der Waals surface area contributed by atoms with Crippen molar-refractivity contribution in [1.29, 1.82) is 0 Å². The van der Waals surface area contributed by atoms with Crippen LogP contribution in [0.1, 0.15) is 6.23 Å². The molecule has 18 heavy (non-hydrogen) atoms. The summed E-state index contributed by atoms with van der Waals surface area (Å²) in [7, 11) is -10.1. The van der Waals surface area contributed by atoms with Crippen molar-refractivity contribution in [1.82, 2.24) is 0 Å². The Morgan fingerprint density at radius 2 is 1.50 bits per heavy atom. The lowest BCUT2D eigenvalue weighted by molar-refractivity contribution is -0.754. The third kappa shape index (κ3) is 11.3. The number of aromatic nitrogens is 1. The minimum atomic E-state index is -6.00. The zero-order valence-electron chi connectivity index (χ0n) is 8.83. The Kier molecular flexibility index (Phi) is 6.22. The molecule has 0 bridgehead atoms. The molecule has 104 valence electrons. The number of hydrogen-bond acceptors (Lipinski definition) is 3. The van der Waals surface area contributed by atoms with Crippen LogP contribution in [0.4, 0.5) is 17.3 Å². The second-order valence-corrected chi connectivity index (χ2v) is 4.54. The minimum absolute atomic E-state index is 0.707. The average molecular weight is 291 g/mol. The van der Waals surface area contributed by atoms with Crippen molar-refractivity contribution in [3.8, 4) is 0 Å². The second kappa shape index (κ2) is 6.66. The van der Waals surface area contributed by atoms with Crippen molar-refractivity contribution >= 4 is 17.4 Å². The van der Waals surface area contributed by atoms with Gasteiger partial charge in [0.1, 0.15) is 0 Å². The molecule has 1 rings (SSSR count). The summed E-state index contributed by atoms with van der Waals surface area (Å²) in [4.78, 5) is 0. The fraction of sp³-hybridized carbons (Fsp3) is 0.286. The molecule has 5 nitrogen and oxygen atoms in total. The van der Waals surface area contributed by atoms with Crippen LogP contribution in [-0.4, -0.2) is 31.1 Å². The highest BCUT2D eigenvalue weighted by Crippen LogP contribution is 2.06. The van der Waals surface area contributed by atoms with E-state index in [0.29, 0.717) is 0 Å². The van der Waals surface area contributed by atoms with Gasteiger partial charge in [-0.05, 0) is 0 Å². The first-order valence-electron chi connectivity index (χ1n) is 4.45. The summed E-state index contributed by atoms with van der Waals surface area (Å²) in [5.41, 5.74) is 0. The minimum Gasteiger partial charge on any atom is -0.418 e. The Morgan fingerprint density at radius 1 is 1.11 bits per heavy atom. The van der Waals surface area contributed by atoms with Gasteiger partial charge >= 0.3 is 7.25 Å². The number of nitrogens with zero attached hydrogens (tertiary/aromatic N) is 1. The first-order valence-corrected chi connectivity index (χ1v) is 6.06. The molecule has 11 heteroatoms. The Balaban J connectivity index is 0.000000494. The predicted octanol–water partition coefficient (Wildman–Crippen LogP) is 0.653. The maximum absolute atomic E-state index is 10.4. The summed E-state index contributed by atoms with van der Waals surface area (Å²) in [6, 6.07) is 5.02. The maximum atomic E-state index is 10.4. The van der Waals surface area contributed by atoms with Crippen molar-refractivity contribution in [2.24, 2.45) is 0 Å². The molecular formula is C7H10BF4NO4S. The Hall–Kier alpha value is -1.20. The first-order chi connectivity index (χ1) is 7.99. The standard InChI is InChI=1S/C7H9NO4S.BF4/c9-7(6-13(10,11)12)8-4-2-1-3-5-8;2-1(3,4)5/h1-5,7,9H,6H2;/q;-1/p+1. The molecule has 0 amide bonds. The van der Waals surface area contributed by atoms with Crippen LogP contribution in [0.3, 0.4) is 0 Å². The molecule has 0 fully saturated rings. The molecule has 0 aliphatic rings. The molecule has 2 N–H and O–H groups in total. The van der Waals surface area contributed by atoms with Gasteiger partial charge in [-0.2, -0.15) is 13.0 Å². The van der Waals surface area contributed by atoms with Crippen LogP contribution in [0, 0.1) is 0 Å². The van der Waals surface area contributed by atoms with Gasteiger partial charge in [0.2, 0.25) is 0 Å². The second-order valence-electron chi connectivity index (χ2n) is 3.05. The highest BCUT2D eigenvalue weighted by atomic mass is 32.2. The number of aliphatic hydroxyl groups excluding tert-OH is 1. The number of halogens is 4. The zero-order valence-corrected chi connectivity index (χ0v) is 9.64. The molecule has 0 aliphatic carbocycles. The van der Waals surface area contributed by atoms with E-state index in [4.69, 9.17) is 4.55 Å². The van der Waals surface area contributed by atoms with Gasteiger partial charge in [0, 0.05) is 12.1 Å². The van der Waals surface area contributed by atoms with Gasteiger partial charge < -0.3 is 22.4 Å². The van der Waals surface area contributed by atoms with Crippen LogP contribution in [0.2, 0.25) is 0 Å². The summed E-state index contributed by atoms with van der Waals surface area (Å²) in [6.45, 7) is 0. The van der Waals surface area contributed by atoms with Gasteiger partial charge in [0.15, 0.2) is 18.1 Å². The van der Waals surface area contributed by atoms with Gasteiger partial charge in [-0.1, -0.05) is 6.07 Å². The summed E-state index contributed by atoms with van der Waals surface area (Å²) in [6.07, 6.45) is 1.77. The van der Waals surface area contributed by atoms with Crippen LogP contribution in [-0.2, 0) is 10.1 Å². The fourth-order valence-corrected chi connectivity index (χ4v) is 1.43. The van der Waals surface area contributed by atoms with Crippen molar-refractivity contribution in [2.75, 3.05) is 5.75 Å². The van der Waals surface area contributed by atoms with Crippen LogP contribution >= 0.6 is 0 Å². The van der Waals surface area contributed by atoms with E-state index in [1.807, 2.05) is 0 Å². The summed E-state index contributed by atoms with van der Waals surface area (Å²) >= 11 is 0. The number of rotatable bonds is 3. The quantitative estimate of drug-likeness (QED) is 0.371. The Morgan fingerprint density at radius 3 is 1.83 bits per heavy atom. The number of hydrogen-bond donors (Lipinski definition) is 2. The molecule has 1 unspecified atom stereocenters. The van der Waals surface area contributed by atoms with E-state index in [9.17, 15) is 30.8 Å². The molecule has 0 aromatic carbocycles. The molecule has 0 saturated carbocycles. The van der Waals surface area contributed by atoms with E-state index in [1.165, 1.54) is 17.0 Å². The van der Waals surface area contributed by atoms with Crippen LogP contribution < -0.4 is 4.57 Å². The van der Waals surface area contributed by atoms with Gasteiger partial charge in [0.05, 0.1) is 0 Å². The molecule has 0 aliphatic heterocycles. The highest BCUT2D eigenvalue weighted by molar-refractivity contribution is 7.85. The molecule has 1 aromatic rings. The van der Waals surface area contributed by atoms with E-state index < -0.39 is 29.4 Å². The highest BCUT2D eigenvalue weighted by Gasteiger charge is 2.21. The largest absolute Gasteiger partial charge is 0.673 e. The lowest BCUT2D eigenvalue weighted by Crippen LogP contribution is -2.42. The van der Waals surface area contributed by atoms with Gasteiger partial charge in [0.25, 0.3) is 16.3 Å². The van der Waals surface area contributed by atoms with Crippen LogP contribution in [0.15, 0.2) is 30.6 Å². The Labute approximate surface area is 101 Å². The third-order valence-electron chi connectivity index (χ3n) is 1.44. The van der Waals surface area contributed by atoms with E-state index in [0.717, 1.165) is 0 Å². The maximum Gasteiger partial charge on any atom is 0.673 e. The van der Waals surface area contributed by atoms with E-state index >= 15 is 0 Å². The zero-order chi connectivity index (χ0) is 14.4. The summed E-state index contributed by atoms with van der Waals surface area (Å²) in [5, 5.41) is 9.28. The molecule has 0 radical (unpaired) electrons. The van der Waals surface area contributed by atoms with Crippen molar-refractivity contribution in [3.05, 3.63) is 30.6 Å². The van der Waals surface area contributed by atoms with Gasteiger partial charge in [-0.15, -0.1) is 0 Å². The van der Waals surface area contributed by atoms with E-state index in [-0.39, 0.29) is 0 Å². The van der Waals surface area contributed by atoms with E-state index in [2.05, 4.69) is 0 Å². The van der Waals surface area contributed by atoms with E-state index in [1.54, 1.807) is 18.2 Å². The molecule has 1 aromatic heterocycles. The van der Waals surface area contributed by atoms with Crippen molar-refractivity contribution in [2.45, 2.75) is 6.23 Å². The first kappa shape index (κ1) is 16.8. The molecule has 1 heterocycles. The predicted molar refractivity (Wildman–Crippen MR) is 54.5 cm³/mol. The molecule has 1 atom stereocenters. The summed E-state index contributed by atoms with van der Waals surface area (Å²) < 4.78 is 69.5. The van der Waals surface area contributed by atoms with Crippen LogP contribution in [0.5, 0.6) is 0 Å².